The third kappa shape index (κ3) is 2.49. The van der Waals surface area contributed by atoms with Crippen molar-refractivity contribution in [3.05, 3.63) is 34.9 Å². The van der Waals surface area contributed by atoms with Crippen LogP contribution in [0.2, 0.25) is 0 Å². The van der Waals surface area contributed by atoms with E-state index in [4.69, 9.17) is 5.11 Å². The Morgan fingerprint density at radius 1 is 1.47 bits per heavy atom. The normalized spacial score (nSPS) is 15.6. The van der Waals surface area contributed by atoms with Crippen LogP contribution in [0.15, 0.2) is 23.8 Å². The summed E-state index contributed by atoms with van der Waals surface area (Å²) in [6.45, 7) is 2.71. The zero-order chi connectivity index (χ0) is 12.4. The summed E-state index contributed by atoms with van der Waals surface area (Å²) in [4.78, 5) is 13.0. The molecule has 1 aromatic carbocycles. The summed E-state index contributed by atoms with van der Waals surface area (Å²) in [5.74, 6) is -0.861. The number of aryl methyl sites for hydroxylation is 1. The molecule has 90 valence electrons. The summed E-state index contributed by atoms with van der Waals surface area (Å²) < 4.78 is 0. The van der Waals surface area contributed by atoms with E-state index in [1.54, 1.807) is 13.0 Å². The lowest BCUT2D eigenvalue weighted by molar-refractivity contribution is -0.132. The Kier molecular flexibility index (Phi) is 3.18. The predicted molar refractivity (Wildman–Crippen MR) is 69.3 cm³/mol. The lowest BCUT2D eigenvalue weighted by Gasteiger charge is -2.27. The molecule has 3 nitrogen and oxygen atoms in total. The van der Waals surface area contributed by atoms with E-state index in [0.717, 1.165) is 24.9 Å². The van der Waals surface area contributed by atoms with E-state index in [9.17, 15) is 4.79 Å². The number of hydrogen-bond donors (Lipinski definition) is 1. The smallest absolute Gasteiger partial charge is 0.331 e. The van der Waals surface area contributed by atoms with Gasteiger partial charge in [0, 0.05) is 24.9 Å². The zero-order valence-corrected chi connectivity index (χ0v) is 10.2. The molecule has 1 aliphatic rings. The molecule has 1 heterocycles. The fourth-order valence-corrected chi connectivity index (χ4v) is 2.21. The first-order chi connectivity index (χ1) is 8.08. The molecule has 0 atom stereocenters. The van der Waals surface area contributed by atoms with Crippen molar-refractivity contribution in [1.29, 1.82) is 0 Å². The Morgan fingerprint density at radius 2 is 2.24 bits per heavy atom. The van der Waals surface area contributed by atoms with E-state index >= 15 is 0 Å². The summed E-state index contributed by atoms with van der Waals surface area (Å²) in [6.07, 6.45) is 3.96. The number of fused-ring (bicyclic) bond motifs is 1. The van der Waals surface area contributed by atoms with Gasteiger partial charge in [-0.2, -0.15) is 0 Å². The number of carboxylic acid groups (broad SMARTS) is 1. The largest absolute Gasteiger partial charge is 0.478 e. The molecule has 1 aliphatic heterocycles. The Labute approximate surface area is 101 Å². The maximum Gasteiger partial charge on any atom is 0.331 e. The topological polar surface area (TPSA) is 40.5 Å². The van der Waals surface area contributed by atoms with Crippen molar-refractivity contribution in [2.24, 2.45) is 0 Å². The standard InChI is InChI=1S/C14H17NO2/c1-10(14(16)17)8-11-5-6-13-12(9-11)4-3-7-15(13)2/h5-6,8-9H,3-4,7H2,1-2H3,(H,16,17). The Morgan fingerprint density at radius 3 is 2.94 bits per heavy atom. The van der Waals surface area contributed by atoms with Crippen LogP contribution in [-0.4, -0.2) is 24.7 Å². The highest BCUT2D eigenvalue weighted by Gasteiger charge is 2.13. The molecule has 0 fully saturated rings. The van der Waals surface area contributed by atoms with Crippen molar-refractivity contribution < 1.29 is 9.90 Å². The highest BCUT2D eigenvalue weighted by molar-refractivity contribution is 5.91. The summed E-state index contributed by atoms with van der Waals surface area (Å²) >= 11 is 0. The van der Waals surface area contributed by atoms with Crippen molar-refractivity contribution in [3.63, 3.8) is 0 Å². The molecule has 2 rings (SSSR count). The van der Waals surface area contributed by atoms with Crippen LogP contribution in [0.3, 0.4) is 0 Å². The van der Waals surface area contributed by atoms with Crippen molar-refractivity contribution in [3.8, 4) is 0 Å². The summed E-state index contributed by atoms with van der Waals surface area (Å²) in [6, 6.07) is 6.15. The van der Waals surface area contributed by atoms with Crippen molar-refractivity contribution in [2.45, 2.75) is 19.8 Å². The molecule has 0 radical (unpaired) electrons. The maximum atomic E-state index is 10.8. The molecule has 0 unspecified atom stereocenters. The number of anilines is 1. The number of carbonyl (C=O) groups is 1. The van der Waals surface area contributed by atoms with Gasteiger partial charge in [0.2, 0.25) is 0 Å². The van der Waals surface area contributed by atoms with Crippen LogP contribution >= 0.6 is 0 Å². The number of benzene rings is 1. The molecule has 0 aliphatic carbocycles. The average molecular weight is 231 g/mol. The summed E-state index contributed by atoms with van der Waals surface area (Å²) in [7, 11) is 2.09. The number of nitrogens with zero attached hydrogens (tertiary/aromatic N) is 1. The van der Waals surface area contributed by atoms with E-state index in [1.165, 1.54) is 11.3 Å². The molecule has 3 heteroatoms. The lowest BCUT2D eigenvalue weighted by atomic mass is 9.99. The van der Waals surface area contributed by atoms with Crippen LogP contribution in [0.4, 0.5) is 5.69 Å². The summed E-state index contributed by atoms with van der Waals surface area (Å²) in [5, 5.41) is 8.85. The third-order valence-electron chi connectivity index (χ3n) is 3.17. The quantitative estimate of drug-likeness (QED) is 0.795. The van der Waals surface area contributed by atoms with Gasteiger partial charge in [-0.05, 0) is 49.1 Å². The SMILES string of the molecule is CC(=Cc1ccc2c(c1)CCCN2C)C(=O)O. The fourth-order valence-electron chi connectivity index (χ4n) is 2.21. The Bertz CT molecular complexity index is 477. The van der Waals surface area contributed by atoms with E-state index in [2.05, 4.69) is 24.1 Å². The maximum absolute atomic E-state index is 10.8. The first-order valence-electron chi connectivity index (χ1n) is 5.83. The monoisotopic (exact) mass is 231 g/mol. The lowest BCUT2D eigenvalue weighted by Crippen LogP contribution is -2.24. The molecule has 0 saturated carbocycles. The molecule has 0 saturated heterocycles. The number of carboxylic acids is 1. The van der Waals surface area contributed by atoms with Crippen LogP contribution < -0.4 is 4.90 Å². The second-order valence-corrected chi connectivity index (χ2v) is 4.55. The molecular formula is C14H17NO2. The van der Waals surface area contributed by atoms with Crippen LogP contribution in [0.1, 0.15) is 24.5 Å². The van der Waals surface area contributed by atoms with Gasteiger partial charge in [0.25, 0.3) is 0 Å². The predicted octanol–water partition coefficient (Wildman–Crippen LogP) is 2.56. The highest BCUT2D eigenvalue weighted by Crippen LogP contribution is 2.27. The van der Waals surface area contributed by atoms with Gasteiger partial charge >= 0.3 is 5.97 Å². The molecular weight excluding hydrogens is 214 g/mol. The second kappa shape index (κ2) is 4.62. The van der Waals surface area contributed by atoms with Crippen molar-refractivity contribution >= 4 is 17.7 Å². The first kappa shape index (κ1) is 11.7. The van der Waals surface area contributed by atoms with Crippen molar-refractivity contribution in [2.75, 3.05) is 18.5 Å². The van der Waals surface area contributed by atoms with Gasteiger partial charge in [-0.25, -0.2) is 4.79 Å². The number of rotatable bonds is 2. The van der Waals surface area contributed by atoms with Crippen LogP contribution in [-0.2, 0) is 11.2 Å². The van der Waals surface area contributed by atoms with Gasteiger partial charge in [-0.15, -0.1) is 0 Å². The zero-order valence-electron chi connectivity index (χ0n) is 10.2. The van der Waals surface area contributed by atoms with Gasteiger partial charge in [0.15, 0.2) is 0 Å². The van der Waals surface area contributed by atoms with Crippen LogP contribution in [0.5, 0.6) is 0 Å². The molecule has 1 aromatic rings. The first-order valence-corrected chi connectivity index (χ1v) is 5.83. The summed E-state index contributed by atoms with van der Waals surface area (Å²) in [5.41, 5.74) is 3.92. The Hall–Kier alpha value is -1.77. The number of hydrogen-bond acceptors (Lipinski definition) is 2. The second-order valence-electron chi connectivity index (χ2n) is 4.55. The van der Waals surface area contributed by atoms with Gasteiger partial charge in [-0.1, -0.05) is 6.07 Å². The van der Waals surface area contributed by atoms with Crippen LogP contribution in [0, 0.1) is 0 Å². The van der Waals surface area contributed by atoms with E-state index < -0.39 is 5.97 Å². The minimum absolute atomic E-state index is 0.370. The fraction of sp³-hybridized carbons (Fsp3) is 0.357. The Balaban J connectivity index is 2.34. The average Bonchev–Trinajstić information content (AvgIpc) is 2.29. The molecule has 0 bridgehead atoms. The van der Waals surface area contributed by atoms with E-state index in [-0.39, 0.29) is 0 Å². The van der Waals surface area contributed by atoms with E-state index in [0.29, 0.717) is 5.57 Å². The van der Waals surface area contributed by atoms with Crippen molar-refractivity contribution in [1.82, 2.24) is 0 Å². The van der Waals surface area contributed by atoms with E-state index in [1.807, 2.05) is 6.07 Å². The highest BCUT2D eigenvalue weighted by atomic mass is 16.4. The molecule has 0 aromatic heterocycles. The van der Waals surface area contributed by atoms with Gasteiger partial charge in [-0.3, -0.25) is 0 Å². The minimum atomic E-state index is -0.861. The third-order valence-corrected chi connectivity index (χ3v) is 3.17. The van der Waals surface area contributed by atoms with Gasteiger partial charge in [0.05, 0.1) is 0 Å². The molecule has 1 N–H and O–H groups in total. The molecule has 0 amide bonds. The van der Waals surface area contributed by atoms with Gasteiger partial charge in [0.1, 0.15) is 0 Å². The minimum Gasteiger partial charge on any atom is -0.478 e. The van der Waals surface area contributed by atoms with Gasteiger partial charge < -0.3 is 10.0 Å². The molecule has 0 spiro atoms. The van der Waals surface area contributed by atoms with Crippen LogP contribution in [0.25, 0.3) is 6.08 Å². The number of aliphatic carboxylic acids is 1. The molecule has 17 heavy (non-hydrogen) atoms.